The van der Waals surface area contributed by atoms with Crippen LogP contribution in [-0.4, -0.2) is 35.2 Å². The molecule has 1 saturated heterocycles. The molecule has 1 N–H and O–H groups in total. The van der Waals surface area contributed by atoms with Crippen molar-refractivity contribution in [2.45, 2.75) is 18.9 Å². The molecule has 1 amide bonds. The van der Waals surface area contributed by atoms with E-state index in [-0.39, 0.29) is 18.1 Å². The predicted octanol–water partition coefficient (Wildman–Crippen LogP) is 3.76. The molecule has 170 valence electrons. The third-order valence-electron chi connectivity index (χ3n) is 6.23. The second-order valence-electron chi connectivity index (χ2n) is 8.24. The third-order valence-corrected chi connectivity index (χ3v) is 6.23. The normalized spacial score (nSPS) is 20.2. The van der Waals surface area contributed by atoms with Crippen molar-refractivity contribution in [1.82, 2.24) is 4.98 Å². The van der Waals surface area contributed by atoms with Crippen molar-refractivity contribution in [3.8, 4) is 17.2 Å². The zero-order chi connectivity index (χ0) is 23.2. The fourth-order valence-corrected chi connectivity index (χ4v) is 4.61. The SMILES string of the molecule is O=C1C(=O)N(c2ccc3c(c2)OCO3)C(c2ccccn2)/C1=C(/O)c1ccc2c(c1)CCCO2. The van der Waals surface area contributed by atoms with E-state index in [0.29, 0.717) is 35.1 Å². The maximum absolute atomic E-state index is 13.3. The second kappa shape index (κ2) is 7.91. The Balaban J connectivity index is 1.51. The van der Waals surface area contributed by atoms with E-state index in [2.05, 4.69) is 4.98 Å². The van der Waals surface area contributed by atoms with Crippen molar-refractivity contribution < 1.29 is 28.9 Å². The number of anilines is 1. The van der Waals surface area contributed by atoms with Gasteiger partial charge in [0.05, 0.1) is 17.9 Å². The van der Waals surface area contributed by atoms with E-state index in [1.54, 1.807) is 54.7 Å². The van der Waals surface area contributed by atoms with Crippen LogP contribution in [0.15, 0.2) is 66.4 Å². The quantitative estimate of drug-likeness (QED) is 0.364. The van der Waals surface area contributed by atoms with E-state index >= 15 is 0 Å². The van der Waals surface area contributed by atoms with Crippen molar-refractivity contribution in [3.63, 3.8) is 0 Å². The number of fused-ring (bicyclic) bond motifs is 2. The number of aromatic nitrogens is 1. The van der Waals surface area contributed by atoms with Crippen LogP contribution < -0.4 is 19.1 Å². The standard InChI is InChI=1S/C26H20N2O6/c29-24(16-6-8-19-15(12-16)4-3-11-32-19)22-23(18-5-1-2-10-27-18)28(26(31)25(22)30)17-7-9-20-21(13-17)34-14-33-20/h1-2,5-10,12-13,23,29H,3-4,11,14H2/b24-22-. The topological polar surface area (TPSA) is 98.2 Å². The van der Waals surface area contributed by atoms with Crippen molar-refractivity contribution in [2.24, 2.45) is 0 Å². The Morgan fingerprint density at radius 2 is 1.82 bits per heavy atom. The van der Waals surface area contributed by atoms with Gasteiger partial charge in [-0.3, -0.25) is 19.5 Å². The Bertz CT molecular complexity index is 1350. The molecule has 0 radical (unpaired) electrons. The minimum Gasteiger partial charge on any atom is -0.507 e. The molecule has 1 fully saturated rings. The number of pyridine rings is 1. The molecule has 2 aromatic carbocycles. The highest BCUT2D eigenvalue weighted by Crippen LogP contribution is 2.44. The van der Waals surface area contributed by atoms with Crippen LogP contribution in [0.4, 0.5) is 5.69 Å². The highest BCUT2D eigenvalue weighted by molar-refractivity contribution is 6.51. The average molecular weight is 456 g/mol. The molecule has 0 bridgehead atoms. The maximum Gasteiger partial charge on any atom is 0.300 e. The van der Waals surface area contributed by atoms with E-state index in [1.165, 1.54) is 4.90 Å². The number of aliphatic hydroxyl groups is 1. The van der Waals surface area contributed by atoms with Crippen molar-refractivity contribution in [3.05, 3.63) is 83.2 Å². The maximum atomic E-state index is 13.3. The van der Waals surface area contributed by atoms with Gasteiger partial charge in [-0.25, -0.2) is 0 Å². The first kappa shape index (κ1) is 20.3. The molecule has 1 unspecified atom stereocenters. The van der Waals surface area contributed by atoms with Crippen molar-refractivity contribution in [2.75, 3.05) is 18.3 Å². The van der Waals surface area contributed by atoms with Crippen LogP contribution in [0.1, 0.15) is 29.3 Å². The highest BCUT2D eigenvalue weighted by Gasteiger charge is 2.48. The number of aryl methyl sites for hydroxylation is 1. The highest BCUT2D eigenvalue weighted by atomic mass is 16.7. The molecule has 34 heavy (non-hydrogen) atoms. The summed E-state index contributed by atoms with van der Waals surface area (Å²) in [4.78, 5) is 32.3. The zero-order valence-electron chi connectivity index (χ0n) is 18.1. The Hall–Kier alpha value is -4.33. The van der Waals surface area contributed by atoms with Crippen LogP contribution >= 0.6 is 0 Å². The Labute approximate surface area is 195 Å². The number of carbonyl (C=O) groups is 2. The van der Waals surface area contributed by atoms with E-state index in [0.717, 1.165) is 24.2 Å². The molecular formula is C26H20N2O6. The molecule has 8 heteroatoms. The minimum absolute atomic E-state index is 0.0157. The van der Waals surface area contributed by atoms with Gasteiger partial charge in [0, 0.05) is 23.5 Å². The molecule has 0 spiro atoms. The van der Waals surface area contributed by atoms with Crippen molar-refractivity contribution in [1.29, 1.82) is 0 Å². The van der Waals surface area contributed by atoms with Gasteiger partial charge in [0.25, 0.3) is 11.7 Å². The number of carbonyl (C=O) groups excluding carboxylic acids is 2. The molecule has 8 nitrogen and oxygen atoms in total. The van der Waals surface area contributed by atoms with Gasteiger partial charge in [0.1, 0.15) is 17.6 Å². The first-order chi connectivity index (χ1) is 16.6. The zero-order valence-corrected chi connectivity index (χ0v) is 18.1. The molecule has 3 aromatic rings. The number of aliphatic hydroxyl groups excluding tert-OH is 1. The van der Waals surface area contributed by atoms with Crippen molar-refractivity contribution >= 4 is 23.1 Å². The van der Waals surface area contributed by atoms with Gasteiger partial charge in [-0.1, -0.05) is 6.07 Å². The predicted molar refractivity (Wildman–Crippen MR) is 122 cm³/mol. The molecule has 0 aliphatic carbocycles. The van der Waals surface area contributed by atoms with Crippen LogP contribution in [0.3, 0.4) is 0 Å². The summed E-state index contributed by atoms with van der Waals surface area (Å²) in [6.45, 7) is 0.738. The van der Waals surface area contributed by atoms with Gasteiger partial charge in [-0.15, -0.1) is 0 Å². The summed E-state index contributed by atoms with van der Waals surface area (Å²) < 4.78 is 16.5. The number of hydrogen-bond donors (Lipinski definition) is 1. The lowest BCUT2D eigenvalue weighted by Crippen LogP contribution is -2.29. The molecule has 1 atom stereocenters. The number of amides is 1. The van der Waals surface area contributed by atoms with Gasteiger partial charge in [0.15, 0.2) is 11.5 Å². The van der Waals surface area contributed by atoms with Crippen LogP contribution in [-0.2, 0) is 16.0 Å². The molecule has 0 saturated carbocycles. The first-order valence-electron chi connectivity index (χ1n) is 11.0. The number of ketones is 1. The summed E-state index contributed by atoms with van der Waals surface area (Å²) in [7, 11) is 0. The third kappa shape index (κ3) is 3.18. The van der Waals surface area contributed by atoms with Crippen LogP contribution in [0.2, 0.25) is 0 Å². The molecule has 3 aliphatic rings. The molecule has 6 rings (SSSR count). The second-order valence-corrected chi connectivity index (χ2v) is 8.24. The summed E-state index contributed by atoms with van der Waals surface area (Å²) in [5, 5.41) is 11.3. The molecular weight excluding hydrogens is 436 g/mol. The number of benzene rings is 2. The summed E-state index contributed by atoms with van der Waals surface area (Å²) in [6.07, 6.45) is 3.27. The Morgan fingerprint density at radius 3 is 2.68 bits per heavy atom. The summed E-state index contributed by atoms with van der Waals surface area (Å²) in [6, 6.07) is 14.7. The monoisotopic (exact) mass is 456 g/mol. The van der Waals surface area contributed by atoms with Crippen LogP contribution in [0.25, 0.3) is 5.76 Å². The molecule has 3 aliphatic heterocycles. The van der Waals surface area contributed by atoms with Gasteiger partial charge in [-0.2, -0.15) is 0 Å². The van der Waals surface area contributed by atoms with Gasteiger partial charge < -0.3 is 19.3 Å². The van der Waals surface area contributed by atoms with Gasteiger partial charge in [-0.05, 0) is 60.9 Å². The molecule has 1 aromatic heterocycles. The fourth-order valence-electron chi connectivity index (χ4n) is 4.61. The lowest BCUT2D eigenvalue weighted by atomic mass is 9.96. The number of nitrogens with zero attached hydrogens (tertiary/aromatic N) is 2. The fraction of sp³-hybridized carbons (Fsp3) is 0.192. The van der Waals surface area contributed by atoms with Crippen LogP contribution in [0, 0.1) is 0 Å². The number of rotatable bonds is 3. The van der Waals surface area contributed by atoms with Crippen LogP contribution in [0.5, 0.6) is 17.2 Å². The number of ether oxygens (including phenoxy) is 3. The van der Waals surface area contributed by atoms with E-state index < -0.39 is 17.7 Å². The average Bonchev–Trinajstić information content (AvgIpc) is 3.45. The first-order valence-corrected chi connectivity index (χ1v) is 11.0. The van der Waals surface area contributed by atoms with E-state index in [4.69, 9.17) is 14.2 Å². The number of hydrogen-bond acceptors (Lipinski definition) is 7. The smallest absolute Gasteiger partial charge is 0.300 e. The molecule has 4 heterocycles. The van der Waals surface area contributed by atoms with E-state index in [1.807, 2.05) is 6.07 Å². The Kier molecular flexibility index (Phi) is 4.72. The lowest BCUT2D eigenvalue weighted by Gasteiger charge is -2.25. The lowest BCUT2D eigenvalue weighted by molar-refractivity contribution is -0.132. The largest absolute Gasteiger partial charge is 0.507 e. The van der Waals surface area contributed by atoms with E-state index in [9.17, 15) is 14.7 Å². The van der Waals surface area contributed by atoms with Gasteiger partial charge >= 0.3 is 0 Å². The summed E-state index contributed by atoms with van der Waals surface area (Å²) >= 11 is 0. The minimum atomic E-state index is -0.908. The number of Topliss-reactive ketones (excluding diaryl/α,β-unsaturated/α-hetero) is 1. The Morgan fingerprint density at radius 1 is 0.971 bits per heavy atom. The van der Waals surface area contributed by atoms with Gasteiger partial charge in [0.2, 0.25) is 6.79 Å². The summed E-state index contributed by atoms with van der Waals surface area (Å²) in [5.41, 5.74) is 2.30. The summed E-state index contributed by atoms with van der Waals surface area (Å²) in [5.74, 6) is 0.0347.